The molecule has 0 amide bonds. The summed E-state index contributed by atoms with van der Waals surface area (Å²) in [5, 5.41) is 3.06. The molecular weight excluding hydrogens is 221 g/mol. The predicted molar refractivity (Wildman–Crippen MR) is 64.2 cm³/mol. The Morgan fingerprint density at radius 3 is 2.53 bits per heavy atom. The van der Waals surface area contributed by atoms with Crippen molar-refractivity contribution in [1.29, 1.82) is 0 Å². The third kappa shape index (κ3) is 4.53. The molecule has 0 bridgehead atoms. The largest absolute Gasteiger partial charge is 0.465 e. The van der Waals surface area contributed by atoms with Crippen molar-refractivity contribution in [1.82, 2.24) is 5.32 Å². The number of hydrogen-bond donors (Lipinski definition) is 1. The van der Waals surface area contributed by atoms with Crippen LogP contribution < -0.4 is 5.32 Å². The summed E-state index contributed by atoms with van der Waals surface area (Å²) in [6.45, 7) is 4.75. The summed E-state index contributed by atoms with van der Waals surface area (Å²) in [4.78, 5) is 11.6. The number of nitrogens with one attached hydrogen (secondary N) is 1. The number of rotatable bonds is 6. The second-order valence-corrected chi connectivity index (χ2v) is 3.69. The van der Waals surface area contributed by atoms with Gasteiger partial charge in [-0.3, -0.25) is 4.79 Å². The minimum absolute atomic E-state index is 0.265. The molecule has 0 aliphatic carbocycles. The molecule has 0 aliphatic heterocycles. The number of ether oxygens (including phenoxy) is 1. The maximum Gasteiger partial charge on any atom is 0.323 e. The van der Waals surface area contributed by atoms with Crippen LogP contribution in [0.4, 0.5) is 4.39 Å². The van der Waals surface area contributed by atoms with Crippen LogP contribution in [0.25, 0.3) is 0 Å². The fraction of sp³-hybridized carbons (Fsp3) is 0.462. The van der Waals surface area contributed by atoms with Gasteiger partial charge in [-0.1, -0.05) is 19.1 Å². The van der Waals surface area contributed by atoms with Gasteiger partial charge in [0.1, 0.15) is 11.9 Å². The van der Waals surface area contributed by atoms with Crippen molar-refractivity contribution in [2.24, 2.45) is 0 Å². The van der Waals surface area contributed by atoms with Gasteiger partial charge in [0.25, 0.3) is 0 Å². The summed E-state index contributed by atoms with van der Waals surface area (Å²) < 4.78 is 17.7. The van der Waals surface area contributed by atoms with Crippen LogP contribution in [0.1, 0.15) is 19.4 Å². The standard InChI is InChI=1S/C13H18FNO2/c1-3-15-12(13(16)17-4-2)9-10-5-7-11(14)8-6-10/h5-8,12,15H,3-4,9H2,1-2H3/t12-/m0/s1. The second-order valence-electron chi connectivity index (χ2n) is 3.69. The van der Waals surface area contributed by atoms with Gasteiger partial charge in [-0.05, 0) is 37.6 Å². The molecule has 3 nitrogen and oxygen atoms in total. The lowest BCUT2D eigenvalue weighted by atomic mass is 10.1. The van der Waals surface area contributed by atoms with Crippen LogP contribution in [0, 0.1) is 5.82 Å². The number of halogens is 1. The smallest absolute Gasteiger partial charge is 0.323 e. The molecule has 0 unspecified atom stereocenters. The summed E-state index contributed by atoms with van der Waals surface area (Å²) in [6.07, 6.45) is 0.507. The molecule has 0 aliphatic rings. The molecule has 1 aromatic carbocycles. The predicted octanol–water partition coefficient (Wildman–Crippen LogP) is 1.91. The van der Waals surface area contributed by atoms with E-state index in [-0.39, 0.29) is 17.8 Å². The Kier molecular flexibility index (Phi) is 5.63. The second kappa shape index (κ2) is 7.01. The molecule has 0 fully saturated rings. The fourth-order valence-corrected chi connectivity index (χ4v) is 1.58. The Bertz CT molecular complexity index is 351. The molecule has 94 valence electrons. The SMILES string of the molecule is CCN[C@@H](Cc1ccc(F)cc1)C(=O)OCC. The normalized spacial score (nSPS) is 12.2. The van der Waals surface area contributed by atoms with Crippen LogP contribution >= 0.6 is 0 Å². The number of carbonyl (C=O) groups is 1. The topological polar surface area (TPSA) is 38.3 Å². The molecule has 0 saturated heterocycles. The number of benzene rings is 1. The maximum atomic E-state index is 12.7. The molecule has 17 heavy (non-hydrogen) atoms. The summed E-state index contributed by atoms with van der Waals surface area (Å²) in [5.74, 6) is -0.538. The summed E-state index contributed by atoms with van der Waals surface area (Å²) in [6, 6.07) is 5.77. The molecule has 0 radical (unpaired) electrons. The maximum absolute atomic E-state index is 12.7. The molecule has 1 atom stereocenters. The van der Waals surface area contributed by atoms with Gasteiger partial charge >= 0.3 is 5.97 Å². The van der Waals surface area contributed by atoms with Gasteiger partial charge in [-0.25, -0.2) is 4.39 Å². The van der Waals surface area contributed by atoms with E-state index in [0.717, 1.165) is 5.56 Å². The van der Waals surface area contributed by atoms with Crippen molar-refractivity contribution < 1.29 is 13.9 Å². The van der Waals surface area contributed by atoms with Crippen molar-refractivity contribution >= 4 is 5.97 Å². The van der Waals surface area contributed by atoms with Crippen LogP contribution in [0.2, 0.25) is 0 Å². The lowest BCUT2D eigenvalue weighted by Gasteiger charge is -2.16. The van der Waals surface area contributed by atoms with E-state index in [0.29, 0.717) is 19.6 Å². The molecule has 0 spiro atoms. The van der Waals surface area contributed by atoms with E-state index in [1.54, 1.807) is 19.1 Å². The molecule has 0 heterocycles. The zero-order valence-corrected chi connectivity index (χ0v) is 10.2. The van der Waals surface area contributed by atoms with Crippen molar-refractivity contribution in [3.05, 3.63) is 35.6 Å². The Balaban J connectivity index is 2.65. The van der Waals surface area contributed by atoms with Gasteiger partial charge in [0.15, 0.2) is 0 Å². The number of likely N-dealkylation sites (N-methyl/N-ethyl adjacent to an activating group) is 1. The summed E-state index contributed by atoms with van der Waals surface area (Å²) in [5.41, 5.74) is 0.908. The average Bonchev–Trinajstić information content (AvgIpc) is 2.31. The van der Waals surface area contributed by atoms with Gasteiger partial charge in [-0.15, -0.1) is 0 Å². The molecule has 0 aromatic heterocycles. The van der Waals surface area contributed by atoms with Crippen LogP contribution in [0.3, 0.4) is 0 Å². The van der Waals surface area contributed by atoms with Crippen molar-refractivity contribution in [2.45, 2.75) is 26.3 Å². The molecule has 1 N–H and O–H groups in total. The average molecular weight is 239 g/mol. The van der Waals surface area contributed by atoms with Gasteiger partial charge in [0, 0.05) is 0 Å². The third-order valence-corrected chi connectivity index (χ3v) is 2.37. The number of esters is 1. The first-order chi connectivity index (χ1) is 8.17. The van der Waals surface area contributed by atoms with E-state index >= 15 is 0 Å². The minimum Gasteiger partial charge on any atom is -0.465 e. The van der Waals surface area contributed by atoms with E-state index in [9.17, 15) is 9.18 Å². The Hall–Kier alpha value is -1.42. The van der Waals surface area contributed by atoms with Crippen molar-refractivity contribution in [3.63, 3.8) is 0 Å². The molecule has 0 saturated carbocycles. The molecule has 4 heteroatoms. The first-order valence-corrected chi connectivity index (χ1v) is 5.81. The Labute approximate surface area is 101 Å². The van der Waals surface area contributed by atoms with Crippen molar-refractivity contribution in [3.8, 4) is 0 Å². The van der Waals surface area contributed by atoms with Crippen LogP contribution in [0.5, 0.6) is 0 Å². The van der Waals surface area contributed by atoms with E-state index in [1.807, 2.05) is 6.92 Å². The summed E-state index contributed by atoms with van der Waals surface area (Å²) in [7, 11) is 0. The highest BCUT2D eigenvalue weighted by atomic mass is 19.1. The quantitative estimate of drug-likeness (QED) is 0.771. The van der Waals surface area contributed by atoms with Gasteiger partial charge in [0.05, 0.1) is 6.61 Å². The zero-order chi connectivity index (χ0) is 12.7. The molecule has 1 rings (SSSR count). The van der Waals surface area contributed by atoms with Crippen molar-refractivity contribution in [2.75, 3.05) is 13.2 Å². The first kappa shape index (κ1) is 13.6. The highest BCUT2D eigenvalue weighted by Crippen LogP contribution is 2.07. The van der Waals surface area contributed by atoms with E-state index in [1.165, 1.54) is 12.1 Å². The third-order valence-electron chi connectivity index (χ3n) is 2.37. The molecular formula is C13H18FNO2. The Morgan fingerprint density at radius 1 is 1.35 bits per heavy atom. The van der Waals surface area contributed by atoms with Crippen LogP contribution in [-0.2, 0) is 16.0 Å². The first-order valence-electron chi connectivity index (χ1n) is 5.81. The Morgan fingerprint density at radius 2 is 2.00 bits per heavy atom. The van der Waals surface area contributed by atoms with Gasteiger partial charge in [0.2, 0.25) is 0 Å². The highest BCUT2D eigenvalue weighted by molar-refractivity contribution is 5.76. The minimum atomic E-state index is -0.370. The van der Waals surface area contributed by atoms with Crippen LogP contribution in [-0.4, -0.2) is 25.2 Å². The van der Waals surface area contributed by atoms with E-state index in [2.05, 4.69) is 5.32 Å². The van der Waals surface area contributed by atoms with Gasteiger partial charge < -0.3 is 10.1 Å². The number of hydrogen-bond acceptors (Lipinski definition) is 3. The monoisotopic (exact) mass is 239 g/mol. The van der Waals surface area contributed by atoms with E-state index in [4.69, 9.17) is 4.74 Å². The zero-order valence-electron chi connectivity index (χ0n) is 10.2. The summed E-state index contributed by atoms with van der Waals surface area (Å²) >= 11 is 0. The number of carbonyl (C=O) groups excluding carboxylic acids is 1. The lowest BCUT2D eigenvalue weighted by Crippen LogP contribution is -2.39. The lowest BCUT2D eigenvalue weighted by molar-refractivity contribution is -0.145. The van der Waals surface area contributed by atoms with Gasteiger partial charge in [-0.2, -0.15) is 0 Å². The highest BCUT2D eigenvalue weighted by Gasteiger charge is 2.18. The van der Waals surface area contributed by atoms with E-state index < -0.39 is 0 Å². The molecule has 1 aromatic rings. The fourth-order valence-electron chi connectivity index (χ4n) is 1.58. The van der Waals surface area contributed by atoms with Crippen LogP contribution in [0.15, 0.2) is 24.3 Å².